The molecule has 0 spiro atoms. The van der Waals surface area contributed by atoms with Crippen LogP contribution in [0.25, 0.3) is 10.9 Å². The molecule has 18 heavy (non-hydrogen) atoms. The molecule has 3 nitrogen and oxygen atoms in total. The summed E-state index contributed by atoms with van der Waals surface area (Å²) in [7, 11) is 0. The van der Waals surface area contributed by atoms with Crippen LogP contribution in [0.3, 0.4) is 0 Å². The van der Waals surface area contributed by atoms with Gasteiger partial charge in [0.05, 0.1) is 11.6 Å². The van der Waals surface area contributed by atoms with Crippen LogP contribution in [0.4, 0.5) is 0 Å². The maximum atomic E-state index is 5.65. The Bertz CT molecular complexity index is 604. The van der Waals surface area contributed by atoms with Crippen LogP contribution in [0.2, 0.25) is 0 Å². The summed E-state index contributed by atoms with van der Waals surface area (Å²) in [6.45, 7) is 4.99. The van der Waals surface area contributed by atoms with Gasteiger partial charge in [0, 0.05) is 5.39 Å². The minimum atomic E-state index is 0.258. The van der Waals surface area contributed by atoms with E-state index in [1.807, 2.05) is 24.3 Å². The molecule has 2 aromatic rings. The maximum absolute atomic E-state index is 5.65. The molecule has 0 radical (unpaired) electrons. The lowest BCUT2D eigenvalue weighted by molar-refractivity contribution is 0.291. The number of pyridine rings is 1. The molecule has 92 valence electrons. The fourth-order valence-corrected chi connectivity index (χ4v) is 2.06. The van der Waals surface area contributed by atoms with Crippen LogP contribution >= 0.6 is 0 Å². The molecule has 0 amide bonds. The maximum Gasteiger partial charge on any atom is 0.235 e. The van der Waals surface area contributed by atoms with Crippen LogP contribution in [-0.2, 0) is 4.74 Å². The normalized spacial score (nSPS) is 19.1. The monoisotopic (exact) mass is 240 g/mol. The first-order valence-corrected chi connectivity index (χ1v) is 6.31. The van der Waals surface area contributed by atoms with E-state index in [4.69, 9.17) is 4.74 Å². The Hall–Kier alpha value is -1.90. The average molecular weight is 240 g/mol. The van der Waals surface area contributed by atoms with Gasteiger partial charge < -0.3 is 4.74 Å². The number of rotatable bonds is 2. The lowest BCUT2D eigenvalue weighted by atomic mass is 10.1. The van der Waals surface area contributed by atoms with Crippen molar-refractivity contribution in [2.24, 2.45) is 10.9 Å². The standard InChI is InChI=1S/C15H16N2O/c1-10(2)14-9-18-15(17-14)13-8-7-11-5-3-4-6-12(11)16-13/h3-8,10,14H,9H2,1-2H3. The van der Waals surface area contributed by atoms with Crippen LogP contribution in [0.1, 0.15) is 19.5 Å². The topological polar surface area (TPSA) is 34.5 Å². The molecule has 3 rings (SSSR count). The summed E-state index contributed by atoms with van der Waals surface area (Å²) < 4.78 is 5.65. The zero-order chi connectivity index (χ0) is 12.5. The Morgan fingerprint density at radius 2 is 2.00 bits per heavy atom. The summed E-state index contributed by atoms with van der Waals surface area (Å²) in [5.74, 6) is 1.18. The predicted molar refractivity (Wildman–Crippen MR) is 72.9 cm³/mol. The Morgan fingerprint density at radius 3 is 2.78 bits per heavy atom. The zero-order valence-electron chi connectivity index (χ0n) is 10.6. The third kappa shape index (κ3) is 1.96. The molecule has 0 N–H and O–H groups in total. The molecule has 0 saturated heterocycles. The summed E-state index contributed by atoms with van der Waals surface area (Å²) in [5.41, 5.74) is 1.81. The number of aliphatic imine (C=N–C) groups is 1. The lowest BCUT2D eigenvalue weighted by Gasteiger charge is -2.06. The van der Waals surface area contributed by atoms with Crippen molar-refractivity contribution in [1.82, 2.24) is 4.98 Å². The van der Waals surface area contributed by atoms with E-state index in [1.54, 1.807) is 0 Å². The number of hydrogen-bond donors (Lipinski definition) is 0. The molecular formula is C15H16N2O. The smallest absolute Gasteiger partial charge is 0.235 e. The second kappa shape index (κ2) is 4.41. The fraction of sp³-hybridized carbons (Fsp3) is 0.333. The number of benzene rings is 1. The average Bonchev–Trinajstić information content (AvgIpc) is 2.88. The summed E-state index contributed by atoms with van der Waals surface area (Å²) in [6.07, 6.45) is 0. The molecule has 1 unspecified atom stereocenters. The predicted octanol–water partition coefficient (Wildman–Crippen LogP) is 3.04. The summed E-state index contributed by atoms with van der Waals surface area (Å²) in [5, 5.41) is 1.14. The Labute approximate surface area is 107 Å². The minimum absolute atomic E-state index is 0.258. The van der Waals surface area contributed by atoms with E-state index in [9.17, 15) is 0 Å². The van der Waals surface area contributed by atoms with Gasteiger partial charge in [-0.3, -0.25) is 0 Å². The van der Waals surface area contributed by atoms with Crippen molar-refractivity contribution >= 4 is 16.8 Å². The van der Waals surface area contributed by atoms with E-state index in [0.29, 0.717) is 18.4 Å². The second-order valence-electron chi connectivity index (χ2n) is 4.95. The van der Waals surface area contributed by atoms with Gasteiger partial charge in [0.2, 0.25) is 5.90 Å². The first kappa shape index (κ1) is 11.2. The number of hydrogen-bond acceptors (Lipinski definition) is 3. The van der Waals surface area contributed by atoms with Gasteiger partial charge in [0.15, 0.2) is 0 Å². The van der Waals surface area contributed by atoms with Crippen molar-refractivity contribution in [2.45, 2.75) is 19.9 Å². The van der Waals surface area contributed by atoms with Crippen molar-refractivity contribution in [3.05, 3.63) is 42.1 Å². The molecule has 1 atom stereocenters. The number of aromatic nitrogens is 1. The van der Waals surface area contributed by atoms with Crippen molar-refractivity contribution in [3.63, 3.8) is 0 Å². The molecule has 1 aliphatic rings. The highest BCUT2D eigenvalue weighted by molar-refractivity contribution is 5.95. The molecule has 1 aromatic heterocycles. The molecule has 2 heterocycles. The van der Waals surface area contributed by atoms with Crippen LogP contribution in [0.15, 0.2) is 41.4 Å². The Kier molecular flexibility index (Phi) is 2.74. The van der Waals surface area contributed by atoms with Gasteiger partial charge in [0.1, 0.15) is 12.3 Å². The molecule has 0 aliphatic carbocycles. The van der Waals surface area contributed by atoms with Gasteiger partial charge in [-0.2, -0.15) is 0 Å². The van der Waals surface area contributed by atoms with E-state index in [2.05, 4.69) is 36.0 Å². The van der Waals surface area contributed by atoms with E-state index >= 15 is 0 Å². The van der Waals surface area contributed by atoms with Gasteiger partial charge in [-0.05, 0) is 18.1 Å². The van der Waals surface area contributed by atoms with Crippen LogP contribution < -0.4 is 0 Å². The van der Waals surface area contributed by atoms with Crippen LogP contribution in [0, 0.1) is 5.92 Å². The zero-order valence-corrected chi connectivity index (χ0v) is 10.6. The summed E-state index contributed by atoms with van der Waals surface area (Å²) in [4.78, 5) is 9.19. The van der Waals surface area contributed by atoms with Gasteiger partial charge in [-0.15, -0.1) is 0 Å². The number of nitrogens with zero attached hydrogens (tertiary/aromatic N) is 2. The molecule has 0 bridgehead atoms. The molecule has 0 fully saturated rings. The molecule has 3 heteroatoms. The number of ether oxygens (including phenoxy) is 1. The van der Waals surface area contributed by atoms with Crippen LogP contribution in [0.5, 0.6) is 0 Å². The third-order valence-electron chi connectivity index (χ3n) is 3.26. The molecule has 1 aliphatic heterocycles. The lowest BCUT2D eigenvalue weighted by Crippen LogP contribution is -2.13. The van der Waals surface area contributed by atoms with Gasteiger partial charge in [-0.1, -0.05) is 38.1 Å². The SMILES string of the molecule is CC(C)C1COC(c2ccc3ccccc3n2)=N1. The highest BCUT2D eigenvalue weighted by Crippen LogP contribution is 2.18. The van der Waals surface area contributed by atoms with Crippen molar-refractivity contribution in [3.8, 4) is 0 Å². The van der Waals surface area contributed by atoms with Gasteiger partial charge in [-0.25, -0.2) is 9.98 Å². The van der Waals surface area contributed by atoms with Gasteiger partial charge >= 0.3 is 0 Å². The summed E-state index contributed by atoms with van der Waals surface area (Å²) in [6, 6.07) is 12.4. The van der Waals surface area contributed by atoms with Crippen molar-refractivity contribution in [2.75, 3.05) is 6.61 Å². The molecule has 0 saturated carbocycles. The van der Waals surface area contributed by atoms with Crippen LogP contribution in [-0.4, -0.2) is 23.5 Å². The minimum Gasteiger partial charge on any atom is -0.474 e. The van der Waals surface area contributed by atoms with E-state index in [1.165, 1.54) is 0 Å². The van der Waals surface area contributed by atoms with E-state index in [0.717, 1.165) is 16.6 Å². The fourth-order valence-electron chi connectivity index (χ4n) is 2.06. The second-order valence-corrected chi connectivity index (χ2v) is 4.95. The highest BCUT2D eigenvalue weighted by Gasteiger charge is 2.23. The van der Waals surface area contributed by atoms with E-state index in [-0.39, 0.29) is 6.04 Å². The Morgan fingerprint density at radius 1 is 1.17 bits per heavy atom. The molecule has 1 aromatic carbocycles. The summed E-state index contributed by atoms with van der Waals surface area (Å²) >= 11 is 0. The first-order chi connectivity index (χ1) is 8.74. The molecular weight excluding hydrogens is 224 g/mol. The van der Waals surface area contributed by atoms with E-state index < -0.39 is 0 Å². The Balaban J connectivity index is 1.98. The van der Waals surface area contributed by atoms with Crippen molar-refractivity contribution in [1.29, 1.82) is 0 Å². The third-order valence-corrected chi connectivity index (χ3v) is 3.26. The quantitative estimate of drug-likeness (QED) is 0.808. The first-order valence-electron chi connectivity index (χ1n) is 6.31. The van der Waals surface area contributed by atoms with Crippen molar-refractivity contribution < 1.29 is 4.74 Å². The largest absolute Gasteiger partial charge is 0.474 e. The highest BCUT2D eigenvalue weighted by atomic mass is 16.5. The van der Waals surface area contributed by atoms with Gasteiger partial charge in [0.25, 0.3) is 0 Å². The number of fused-ring (bicyclic) bond motifs is 1. The number of para-hydroxylation sites is 1.